The Balaban J connectivity index is 1.75. The topological polar surface area (TPSA) is 128 Å². The van der Waals surface area contributed by atoms with E-state index in [-0.39, 0.29) is 17.8 Å². The van der Waals surface area contributed by atoms with Gasteiger partial charge in [0.15, 0.2) is 16.9 Å². The summed E-state index contributed by atoms with van der Waals surface area (Å²) in [7, 11) is 1.60. The zero-order chi connectivity index (χ0) is 19.2. The number of rotatable bonds is 6. The molecule has 0 fully saturated rings. The molecule has 2 N–H and O–H groups in total. The number of ether oxygens (including phenoxy) is 2. The molecule has 0 aliphatic carbocycles. The maximum Gasteiger partial charge on any atom is 0.397 e. The summed E-state index contributed by atoms with van der Waals surface area (Å²) in [4.78, 5) is 27.5. The fourth-order valence-corrected chi connectivity index (χ4v) is 2.29. The van der Waals surface area contributed by atoms with Gasteiger partial charge in [-0.15, -0.1) is 0 Å². The first kappa shape index (κ1) is 18.1. The van der Waals surface area contributed by atoms with Crippen molar-refractivity contribution in [2.24, 2.45) is 0 Å². The summed E-state index contributed by atoms with van der Waals surface area (Å²) in [5, 5.41) is 13.1. The van der Waals surface area contributed by atoms with Gasteiger partial charge in [-0.05, 0) is 34.9 Å². The van der Waals surface area contributed by atoms with Gasteiger partial charge in [-0.25, -0.2) is 14.4 Å². The van der Waals surface area contributed by atoms with Crippen molar-refractivity contribution >= 4 is 34.4 Å². The van der Waals surface area contributed by atoms with Crippen LogP contribution in [0, 0.1) is 0 Å². The molecule has 10 nitrogen and oxygen atoms in total. The van der Waals surface area contributed by atoms with E-state index >= 15 is 0 Å². The summed E-state index contributed by atoms with van der Waals surface area (Å²) in [5.41, 5.74) is 1.78. The number of fused-ring (bicyclic) bond motifs is 1. The molecule has 0 spiro atoms. The largest absolute Gasteiger partial charge is 0.497 e. The van der Waals surface area contributed by atoms with E-state index in [4.69, 9.17) is 9.37 Å². The van der Waals surface area contributed by atoms with Gasteiger partial charge in [0.1, 0.15) is 5.75 Å². The van der Waals surface area contributed by atoms with Crippen LogP contribution in [0.15, 0.2) is 35.1 Å². The Morgan fingerprint density at radius 3 is 2.59 bits per heavy atom. The highest BCUT2D eigenvalue weighted by Gasteiger charge is 2.19. The van der Waals surface area contributed by atoms with Crippen molar-refractivity contribution in [2.75, 3.05) is 24.4 Å². The Labute approximate surface area is 153 Å². The van der Waals surface area contributed by atoms with E-state index < -0.39 is 11.9 Å². The van der Waals surface area contributed by atoms with Gasteiger partial charge in [0.2, 0.25) is 0 Å². The average Bonchev–Trinajstić information content (AvgIpc) is 3.18. The molecule has 0 aliphatic rings. The monoisotopic (exact) mass is 371 g/mol. The smallest absolute Gasteiger partial charge is 0.397 e. The van der Waals surface area contributed by atoms with E-state index in [0.29, 0.717) is 17.9 Å². The number of amides is 1. The highest BCUT2D eigenvalue weighted by Crippen LogP contribution is 2.25. The minimum absolute atomic E-state index is 0.0969. The third kappa shape index (κ3) is 4.11. The Bertz CT molecular complexity index is 954. The van der Waals surface area contributed by atoms with Gasteiger partial charge in [0.25, 0.3) is 0 Å². The number of nitrogens with zero attached hydrogens (tertiary/aromatic N) is 3. The summed E-state index contributed by atoms with van der Waals surface area (Å²) in [6.45, 7) is 2.18. The third-order valence-corrected chi connectivity index (χ3v) is 3.62. The van der Waals surface area contributed by atoms with Crippen LogP contribution in [0.1, 0.15) is 12.5 Å². The number of aromatic nitrogens is 3. The van der Waals surface area contributed by atoms with Crippen molar-refractivity contribution in [3.05, 3.63) is 36.0 Å². The highest BCUT2D eigenvalue weighted by molar-refractivity contribution is 6.37. The number of carbonyl (C=O) groups excluding carboxylic acids is 2. The predicted molar refractivity (Wildman–Crippen MR) is 95.2 cm³/mol. The van der Waals surface area contributed by atoms with Crippen LogP contribution >= 0.6 is 0 Å². The minimum Gasteiger partial charge on any atom is -0.497 e. The van der Waals surface area contributed by atoms with Crippen LogP contribution in [0.2, 0.25) is 0 Å². The number of methoxy groups -OCH3 is 1. The third-order valence-electron chi connectivity index (χ3n) is 3.62. The molecule has 1 amide bonds. The predicted octanol–water partition coefficient (Wildman–Crippen LogP) is 1.74. The zero-order valence-electron chi connectivity index (χ0n) is 14.7. The van der Waals surface area contributed by atoms with Crippen LogP contribution in [0.5, 0.6) is 5.75 Å². The molecule has 3 aromatic rings. The van der Waals surface area contributed by atoms with Gasteiger partial charge in [-0.1, -0.05) is 12.1 Å². The first-order valence-electron chi connectivity index (χ1n) is 8.08. The molecule has 3 rings (SSSR count). The second-order valence-electron chi connectivity index (χ2n) is 5.36. The average molecular weight is 371 g/mol. The molecular weight excluding hydrogens is 354 g/mol. The SMILES string of the molecule is CCOC(=O)C(=O)Nc1cnc(NCc2ccc(OC)cc2)c2nonc12. The van der Waals surface area contributed by atoms with Crippen LogP contribution in [0.4, 0.5) is 11.5 Å². The number of carbonyl (C=O) groups is 2. The van der Waals surface area contributed by atoms with Gasteiger partial charge in [-0.2, -0.15) is 0 Å². The molecule has 0 aliphatic heterocycles. The molecule has 2 aromatic heterocycles. The number of pyridine rings is 1. The molecule has 0 unspecified atom stereocenters. The van der Waals surface area contributed by atoms with Gasteiger partial charge in [-0.3, -0.25) is 4.79 Å². The molecule has 27 heavy (non-hydrogen) atoms. The summed E-state index contributed by atoms with van der Waals surface area (Å²) >= 11 is 0. The second kappa shape index (κ2) is 8.13. The summed E-state index contributed by atoms with van der Waals surface area (Å²) < 4.78 is 14.5. The summed E-state index contributed by atoms with van der Waals surface area (Å²) in [5.74, 6) is -0.733. The molecular formula is C17H17N5O5. The Morgan fingerprint density at radius 1 is 1.15 bits per heavy atom. The summed E-state index contributed by atoms with van der Waals surface area (Å²) in [6.07, 6.45) is 1.36. The molecule has 0 saturated heterocycles. The Kier molecular flexibility index (Phi) is 5.45. The number of hydrogen-bond acceptors (Lipinski definition) is 9. The fourth-order valence-electron chi connectivity index (χ4n) is 2.29. The first-order chi connectivity index (χ1) is 13.1. The van der Waals surface area contributed by atoms with Crippen LogP contribution in [0.3, 0.4) is 0 Å². The molecule has 140 valence electrons. The van der Waals surface area contributed by atoms with Crippen molar-refractivity contribution in [2.45, 2.75) is 13.5 Å². The second-order valence-corrected chi connectivity index (χ2v) is 5.36. The zero-order valence-corrected chi connectivity index (χ0v) is 14.7. The van der Waals surface area contributed by atoms with E-state index in [9.17, 15) is 9.59 Å². The Morgan fingerprint density at radius 2 is 1.89 bits per heavy atom. The molecule has 2 heterocycles. The number of anilines is 2. The van der Waals surface area contributed by atoms with Gasteiger partial charge in [0.05, 0.1) is 25.6 Å². The lowest BCUT2D eigenvalue weighted by Gasteiger charge is -2.08. The van der Waals surface area contributed by atoms with Crippen molar-refractivity contribution in [1.29, 1.82) is 0 Å². The molecule has 0 radical (unpaired) electrons. The van der Waals surface area contributed by atoms with Gasteiger partial charge >= 0.3 is 11.9 Å². The van der Waals surface area contributed by atoms with Crippen molar-refractivity contribution < 1.29 is 23.7 Å². The quantitative estimate of drug-likeness (QED) is 0.491. The van der Waals surface area contributed by atoms with Crippen molar-refractivity contribution in [3.63, 3.8) is 0 Å². The van der Waals surface area contributed by atoms with E-state index in [1.54, 1.807) is 14.0 Å². The van der Waals surface area contributed by atoms with E-state index in [2.05, 4.69) is 30.7 Å². The number of hydrogen-bond donors (Lipinski definition) is 2. The van der Waals surface area contributed by atoms with Crippen LogP contribution in [-0.2, 0) is 20.9 Å². The molecule has 1 aromatic carbocycles. The Hall–Kier alpha value is -3.69. The first-order valence-corrected chi connectivity index (χ1v) is 8.08. The number of esters is 1. The molecule has 0 bridgehead atoms. The van der Waals surface area contributed by atoms with Crippen LogP contribution in [-0.4, -0.2) is 40.9 Å². The van der Waals surface area contributed by atoms with Gasteiger partial charge < -0.3 is 20.1 Å². The number of nitrogens with one attached hydrogen (secondary N) is 2. The molecule has 0 atom stereocenters. The highest BCUT2D eigenvalue weighted by atomic mass is 16.6. The molecule has 0 saturated carbocycles. The maximum atomic E-state index is 11.8. The van der Waals surface area contributed by atoms with Crippen LogP contribution in [0.25, 0.3) is 11.0 Å². The van der Waals surface area contributed by atoms with Crippen molar-refractivity contribution in [1.82, 2.24) is 15.3 Å². The maximum absolute atomic E-state index is 11.8. The summed E-state index contributed by atoms with van der Waals surface area (Å²) in [6, 6.07) is 7.54. The minimum atomic E-state index is -0.996. The molecule has 10 heteroatoms. The lowest BCUT2D eigenvalue weighted by molar-refractivity contribution is -0.152. The van der Waals surface area contributed by atoms with Gasteiger partial charge in [0, 0.05) is 6.54 Å². The van der Waals surface area contributed by atoms with Crippen LogP contribution < -0.4 is 15.4 Å². The standard InChI is InChI=1S/C17H17N5O5/c1-3-26-17(24)16(23)20-12-9-19-15(14-13(12)21-27-22-14)18-8-10-4-6-11(25-2)7-5-10/h4-7,9H,3,8H2,1-2H3,(H,18,19)(H,20,23). The lowest BCUT2D eigenvalue weighted by Crippen LogP contribution is -2.25. The number of benzene rings is 1. The van der Waals surface area contributed by atoms with E-state index in [0.717, 1.165) is 11.3 Å². The lowest BCUT2D eigenvalue weighted by atomic mass is 10.2. The van der Waals surface area contributed by atoms with E-state index in [1.807, 2.05) is 24.3 Å². The van der Waals surface area contributed by atoms with Crippen molar-refractivity contribution in [3.8, 4) is 5.75 Å². The van der Waals surface area contributed by atoms with E-state index in [1.165, 1.54) is 6.20 Å². The fraction of sp³-hybridized carbons (Fsp3) is 0.235. The normalized spacial score (nSPS) is 10.4.